The SMILES string of the molecule is Cn1cc(CN)c(NS(=O)(=O)c2ccc3c(c2)CCC3)n1. The summed E-state index contributed by atoms with van der Waals surface area (Å²) in [4.78, 5) is 0.275. The van der Waals surface area contributed by atoms with Crippen molar-refractivity contribution in [3.8, 4) is 0 Å². The first-order valence-corrected chi connectivity index (χ1v) is 8.35. The van der Waals surface area contributed by atoms with Crippen LogP contribution in [0.25, 0.3) is 0 Å². The van der Waals surface area contributed by atoms with Crippen molar-refractivity contribution in [1.82, 2.24) is 9.78 Å². The van der Waals surface area contributed by atoms with Gasteiger partial charge in [-0.15, -0.1) is 0 Å². The molecule has 0 radical (unpaired) electrons. The van der Waals surface area contributed by atoms with E-state index in [1.807, 2.05) is 6.07 Å². The zero-order valence-electron chi connectivity index (χ0n) is 11.8. The molecule has 0 aliphatic heterocycles. The van der Waals surface area contributed by atoms with Gasteiger partial charge >= 0.3 is 0 Å². The first kappa shape index (κ1) is 14.1. The van der Waals surface area contributed by atoms with E-state index in [-0.39, 0.29) is 11.4 Å². The maximum Gasteiger partial charge on any atom is 0.263 e. The molecule has 1 heterocycles. The average Bonchev–Trinajstić information content (AvgIpc) is 3.03. The first-order chi connectivity index (χ1) is 9.99. The number of anilines is 1. The van der Waals surface area contributed by atoms with E-state index in [1.165, 1.54) is 5.56 Å². The van der Waals surface area contributed by atoms with E-state index in [2.05, 4.69) is 9.82 Å². The third kappa shape index (κ3) is 2.66. The fraction of sp³-hybridized carbons (Fsp3) is 0.357. The van der Waals surface area contributed by atoms with Crippen LogP contribution in [0.2, 0.25) is 0 Å². The third-order valence-corrected chi connectivity index (χ3v) is 5.07. The van der Waals surface area contributed by atoms with Crippen LogP contribution in [0.3, 0.4) is 0 Å². The van der Waals surface area contributed by atoms with Crippen molar-refractivity contribution in [3.05, 3.63) is 41.1 Å². The number of hydrogen-bond donors (Lipinski definition) is 2. The van der Waals surface area contributed by atoms with Crippen LogP contribution in [0.4, 0.5) is 5.82 Å². The van der Waals surface area contributed by atoms with Gasteiger partial charge in [-0.2, -0.15) is 5.10 Å². The molecule has 1 aromatic carbocycles. The minimum absolute atomic E-state index is 0.232. The van der Waals surface area contributed by atoms with Crippen molar-refractivity contribution in [2.75, 3.05) is 4.72 Å². The number of aryl methyl sites for hydroxylation is 3. The van der Waals surface area contributed by atoms with Crippen LogP contribution >= 0.6 is 0 Å². The lowest BCUT2D eigenvalue weighted by atomic mass is 10.1. The second kappa shape index (κ2) is 5.16. The lowest BCUT2D eigenvalue weighted by Crippen LogP contribution is -2.15. The molecule has 0 atom stereocenters. The van der Waals surface area contributed by atoms with E-state index in [4.69, 9.17) is 5.73 Å². The zero-order chi connectivity index (χ0) is 15.0. The Labute approximate surface area is 124 Å². The predicted octanol–water partition coefficient (Wildman–Crippen LogP) is 1.17. The molecule has 0 spiro atoms. The van der Waals surface area contributed by atoms with Gasteiger partial charge in [0.2, 0.25) is 0 Å². The molecular weight excluding hydrogens is 288 g/mol. The maximum absolute atomic E-state index is 12.5. The smallest absolute Gasteiger partial charge is 0.263 e. The van der Waals surface area contributed by atoms with Crippen molar-refractivity contribution in [3.63, 3.8) is 0 Å². The summed E-state index contributed by atoms with van der Waals surface area (Å²) >= 11 is 0. The van der Waals surface area contributed by atoms with Gasteiger partial charge in [0.05, 0.1) is 4.90 Å². The standard InChI is InChI=1S/C14H18N4O2S/c1-18-9-12(8-15)14(16-18)17-21(19,20)13-6-5-10-3-2-4-11(10)7-13/h5-7,9H,2-4,8,15H2,1H3,(H,16,17). The van der Waals surface area contributed by atoms with Crippen LogP contribution in [0.1, 0.15) is 23.1 Å². The molecule has 3 rings (SSSR count). The summed E-state index contributed by atoms with van der Waals surface area (Å²) in [6, 6.07) is 5.31. The molecule has 2 aromatic rings. The van der Waals surface area contributed by atoms with Crippen molar-refractivity contribution >= 4 is 15.8 Å². The molecule has 1 aromatic heterocycles. The summed E-state index contributed by atoms with van der Waals surface area (Å²) in [5.74, 6) is 0.292. The zero-order valence-corrected chi connectivity index (χ0v) is 12.7. The number of hydrogen-bond acceptors (Lipinski definition) is 4. The number of nitrogens with two attached hydrogens (primary N) is 1. The van der Waals surface area contributed by atoms with Crippen molar-refractivity contribution in [2.24, 2.45) is 12.8 Å². The Balaban J connectivity index is 1.93. The molecule has 0 unspecified atom stereocenters. The summed E-state index contributed by atoms with van der Waals surface area (Å²) in [5.41, 5.74) is 8.64. The van der Waals surface area contributed by atoms with Crippen LogP contribution < -0.4 is 10.5 Å². The number of sulfonamides is 1. The van der Waals surface area contributed by atoms with Gasteiger partial charge < -0.3 is 5.73 Å². The Morgan fingerprint density at radius 3 is 2.86 bits per heavy atom. The quantitative estimate of drug-likeness (QED) is 0.887. The number of benzene rings is 1. The molecule has 112 valence electrons. The van der Waals surface area contributed by atoms with Gasteiger partial charge in [-0.25, -0.2) is 8.42 Å². The topological polar surface area (TPSA) is 90.0 Å². The molecule has 0 fully saturated rings. The molecule has 6 nitrogen and oxygen atoms in total. The normalized spacial score (nSPS) is 14.2. The minimum atomic E-state index is -3.64. The van der Waals surface area contributed by atoms with Gasteiger partial charge in [0.25, 0.3) is 10.0 Å². The number of nitrogens with zero attached hydrogens (tertiary/aromatic N) is 2. The minimum Gasteiger partial charge on any atom is -0.326 e. The van der Waals surface area contributed by atoms with Gasteiger partial charge in [0.1, 0.15) is 0 Å². The molecule has 1 aliphatic carbocycles. The highest BCUT2D eigenvalue weighted by atomic mass is 32.2. The molecule has 0 amide bonds. The summed E-state index contributed by atoms with van der Waals surface area (Å²) in [7, 11) is -1.91. The van der Waals surface area contributed by atoms with Gasteiger partial charge in [0, 0.05) is 25.4 Å². The second-order valence-electron chi connectivity index (χ2n) is 5.27. The van der Waals surface area contributed by atoms with Crippen molar-refractivity contribution < 1.29 is 8.42 Å². The molecular formula is C14H18N4O2S. The van der Waals surface area contributed by atoms with Gasteiger partial charge in [-0.3, -0.25) is 9.40 Å². The van der Waals surface area contributed by atoms with E-state index in [9.17, 15) is 8.42 Å². The fourth-order valence-electron chi connectivity index (χ4n) is 2.67. The Hall–Kier alpha value is -1.86. The highest BCUT2D eigenvalue weighted by Crippen LogP contribution is 2.26. The Bertz CT molecular complexity index is 780. The summed E-state index contributed by atoms with van der Waals surface area (Å²) in [5, 5.41) is 4.11. The monoisotopic (exact) mass is 306 g/mol. The van der Waals surface area contributed by atoms with Crippen LogP contribution in [0.5, 0.6) is 0 Å². The average molecular weight is 306 g/mol. The number of fused-ring (bicyclic) bond motifs is 1. The largest absolute Gasteiger partial charge is 0.326 e. The Kier molecular flexibility index (Phi) is 3.46. The lowest BCUT2D eigenvalue weighted by Gasteiger charge is -2.08. The number of nitrogens with one attached hydrogen (secondary N) is 1. The van der Waals surface area contributed by atoms with E-state index in [0.29, 0.717) is 11.4 Å². The molecule has 0 bridgehead atoms. The molecule has 3 N–H and O–H groups in total. The van der Waals surface area contributed by atoms with E-state index in [1.54, 1.807) is 30.1 Å². The highest BCUT2D eigenvalue weighted by Gasteiger charge is 2.20. The maximum atomic E-state index is 12.5. The third-order valence-electron chi connectivity index (χ3n) is 3.74. The Morgan fingerprint density at radius 1 is 1.33 bits per heavy atom. The Morgan fingerprint density at radius 2 is 2.10 bits per heavy atom. The van der Waals surface area contributed by atoms with Crippen molar-refractivity contribution in [1.29, 1.82) is 0 Å². The molecule has 21 heavy (non-hydrogen) atoms. The fourth-order valence-corrected chi connectivity index (χ4v) is 3.76. The van der Waals surface area contributed by atoms with Crippen LogP contribution in [-0.4, -0.2) is 18.2 Å². The van der Waals surface area contributed by atoms with Gasteiger partial charge in [0.15, 0.2) is 5.82 Å². The molecule has 0 saturated carbocycles. The van der Waals surface area contributed by atoms with E-state index in [0.717, 1.165) is 24.8 Å². The van der Waals surface area contributed by atoms with E-state index >= 15 is 0 Å². The highest BCUT2D eigenvalue weighted by molar-refractivity contribution is 7.92. The van der Waals surface area contributed by atoms with Crippen LogP contribution in [0, 0.1) is 0 Å². The summed E-state index contributed by atoms with van der Waals surface area (Å²) < 4.78 is 29.0. The van der Waals surface area contributed by atoms with Gasteiger partial charge in [-0.05, 0) is 42.5 Å². The van der Waals surface area contributed by atoms with Crippen molar-refractivity contribution in [2.45, 2.75) is 30.7 Å². The first-order valence-electron chi connectivity index (χ1n) is 6.87. The summed E-state index contributed by atoms with van der Waals surface area (Å²) in [6.45, 7) is 0.232. The second-order valence-corrected chi connectivity index (χ2v) is 6.95. The molecule has 7 heteroatoms. The van der Waals surface area contributed by atoms with E-state index < -0.39 is 10.0 Å². The summed E-state index contributed by atoms with van der Waals surface area (Å²) in [6.07, 6.45) is 4.77. The number of aromatic nitrogens is 2. The van der Waals surface area contributed by atoms with Crippen LogP contribution in [-0.2, 0) is 36.5 Å². The molecule has 0 saturated heterocycles. The van der Waals surface area contributed by atoms with Gasteiger partial charge in [-0.1, -0.05) is 6.07 Å². The lowest BCUT2D eigenvalue weighted by molar-refractivity contribution is 0.600. The predicted molar refractivity (Wildman–Crippen MR) is 80.4 cm³/mol. The number of rotatable bonds is 4. The molecule has 1 aliphatic rings. The van der Waals surface area contributed by atoms with Crippen LogP contribution in [0.15, 0.2) is 29.3 Å².